The van der Waals surface area contributed by atoms with Gasteiger partial charge in [0.25, 0.3) is 5.79 Å². The Labute approximate surface area is 159 Å². The van der Waals surface area contributed by atoms with Crippen LogP contribution in [0.4, 0.5) is 0 Å². The van der Waals surface area contributed by atoms with Crippen LogP contribution in [0.1, 0.15) is 71.6 Å². The fourth-order valence-corrected chi connectivity index (χ4v) is 3.20. The molecule has 0 N–H and O–H groups in total. The molecule has 0 radical (unpaired) electrons. The monoisotopic (exact) mass is 354 g/mol. The second-order valence-electron chi connectivity index (χ2n) is 6.97. The number of para-hydroxylation sites is 2. The number of rotatable bonds is 13. The number of ether oxygens (including phenoxy) is 2. The van der Waals surface area contributed by atoms with E-state index in [0.717, 1.165) is 30.8 Å². The minimum absolute atomic E-state index is 0.605. The zero-order valence-electron chi connectivity index (χ0n) is 16.5. The molecule has 26 heavy (non-hydrogen) atoms. The summed E-state index contributed by atoms with van der Waals surface area (Å²) in [7, 11) is 0. The first kappa shape index (κ1) is 20.4. The molecule has 0 bridgehead atoms. The van der Waals surface area contributed by atoms with E-state index in [1.807, 2.05) is 60.7 Å². The lowest BCUT2D eigenvalue weighted by Gasteiger charge is -2.34. The average Bonchev–Trinajstić information content (AvgIpc) is 2.69. The van der Waals surface area contributed by atoms with Gasteiger partial charge >= 0.3 is 0 Å². The fourth-order valence-electron chi connectivity index (χ4n) is 3.20. The third-order valence-electron chi connectivity index (χ3n) is 4.79. The Balaban J connectivity index is 1.97. The average molecular weight is 355 g/mol. The molecule has 2 rings (SSSR count). The van der Waals surface area contributed by atoms with Gasteiger partial charge in [0.15, 0.2) is 0 Å². The molecule has 0 aliphatic rings. The number of unbranched alkanes of at least 4 members (excludes halogenated alkanes) is 6. The molecule has 0 unspecified atom stereocenters. The molecule has 0 saturated carbocycles. The lowest BCUT2D eigenvalue weighted by atomic mass is 10.0. The summed E-state index contributed by atoms with van der Waals surface area (Å²) >= 11 is 0. The number of hydrogen-bond acceptors (Lipinski definition) is 2. The summed E-state index contributed by atoms with van der Waals surface area (Å²) in [6.45, 7) is 4.41. The zero-order chi connectivity index (χ0) is 18.5. The molecule has 0 aliphatic heterocycles. The number of benzene rings is 2. The minimum Gasteiger partial charge on any atom is -0.452 e. The van der Waals surface area contributed by atoms with Crippen LogP contribution in [-0.4, -0.2) is 5.79 Å². The summed E-state index contributed by atoms with van der Waals surface area (Å²) in [5.41, 5.74) is 0. The fraction of sp³-hybridized carbons (Fsp3) is 0.500. The van der Waals surface area contributed by atoms with Crippen LogP contribution in [0, 0.1) is 0 Å². The van der Waals surface area contributed by atoms with E-state index in [2.05, 4.69) is 13.8 Å². The van der Waals surface area contributed by atoms with E-state index in [4.69, 9.17) is 9.47 Å². The normalized spacial score (nSPS) is 11.3. The smallest absolute Gasteiger partial charge is 0.251 e. The first-order valence-electron chi connectivity index (χ1n) is 10.3. The maximum Gasteiger partial charge on any atom is 0.251 e. The molecular weight excluding hydrogens is 320 g/mol. The lowest BCUT2D eigenvalue weighted by Crippen LogP contribution is -2.42. The van der Waals surface area contributed by atoms with E-state index in [1.165, 1.54) is 38.5 Å². The van der Waals surface area contributed by atoms with Crippen molar-refractivity contribution in [3.05, 3.63) is 60.7 Å². The van der Waals surface area contributed by atoms with Gasteiger partial charge in [-0.3, -0.25) is 0 Å². The van der Waals surface area contributed by atoms with E-state index in [-0.39, 0.29) is 0 Å². The largest absolute Gasteiger partial charge is 0.452 e. The SMILES string of the molecule is CCCCCCCCCC(CC)(Oc1ccccc1)Oc1ccccc1. The van der Waals surface area contributed by atoms with Gasteiger partial charge < -0.3 is 9.47 Å². The Morgan fingerprint density at radius 1 is 0.615 bits per heavy atom. The van der Waals surface area contributed by atoms with E-state index in [1.54, 1.807) is 0 Å². The maximum atomic E-state index is 6.38. The standard InChI is InChI=1S/C24H34O2/c1-3-5-6-7-8-9-16-21-24(4-2,25-22-17-12-10-13-18-22)26-23-19-14-11-15-20-23/h10-15,17-20H,3-9,16,21H2,1-2H3. The Morgan fingerprint density at radius 3 is 1.54 bits per heavy atom. The van der Waals surface area contributed by atoms with E-state index >= 15 is 0 Å². The topological polar surface area (TPSA) is 18.5 Å². The zero-order valence-corrected chi connectivity index (χ0v) is 16.5. The molecule has 0 aliphatic carbocycles. The minimum atomic E-state index is -0.605. The van der Waals surface area contributed by atoms with Gasteiger partial charge in [0.2, 0.25) is 0 Å². The molecule has 0 atom stereocenters. The molecule has 2 aromatic rings. The summed E-state index contributed by atoms with van der Waals surface area (Å²) in [6.07, 6.45) is 10.7. The number of hydrogen-bond donors (Lipinski definition) is 0. The van der Waals surface area contributed by atoms with Gasteiger partial charge in [-0.2, -0.15) is 0 Å². The van der Waals surface area contributed by atoms with Crippen molar-refractivity contribution in [3.63, 3.8) is 0 Å². The quantitative estimate of drug-likeness (QED) is 0.276. The van der Waals surface area contributed by atoms with Gasteiger partial charge in [0, 0.05) is 12.8 Å². The second-order valence-corrected chi connectivity index (χ2v) is 6.97. The predicted octanol–water partition coefficient (Wildman–Crippen LogP) is 7.39. The first-order chi connectivity index (χ1) is 12.8. The summed E-state index contributed by atoms with van der Waals surface area (Å²) in [5.74, 6) is 1.13. The summed E-state index contributed by atoms with van der Waals surface area (Å²) < 4.78 is 12.8. The van der Waals surface area contributed by atoms with Gasteiger partial charge in [0.1, 0.15) is 11.5 Å². The van der Waals surface area contributed by atoms with Crippen molar-refractivity contribution < 1.29 is 9.47 Å². The summed E-state index contributed by atoms with van der Waals surface area (Å²) in [5, 5.41) is 0. The molecular formula is C24H34O2. The van der Waals surface area contributed by atoms with Crippen molar-refractivity contribution in [1.29, 1.82) is 0 Å². The van der Waals surface area contributed by atoms with Crippen LogP contribution in [-0.2, 0) is 0 Å². The second kappa shape index (κ2) is 11.6. The molecule has 142 valence electrons. The molecule has 2 aromatic carbocycles. The van der Waals surface area contributed by atoms with E-state index < -0.39 is 5.79 Å². The molecule has 2 heteroatoms. The molecule has 0 heterocycles. The summed E-state index contributed by atoms with van der Waals surface area (Å²) in [6, 6.07) is 20.1. The highest BCUT2D eigenvalue weighted by molar-refractivity contribution is 5.24. The van der Waals surface area contributed by atoms with Crippen LogP contribution in [0.3, 0.4) is 0 Å². The third kappa shape index (κ3) is 7.11. The van der Waals surface area contributed by atoms with Crippen molar-refractivity contribution in [1.82, 2.24) is 0 Å². The van der Waals surface area contributed by atoms with Crippen molar-refractivity contribution in [2.45, 2.75) is 77.4 Å². The highest BCUT2D eigenvalue weighted by Crippen LogP contribution is 2.30. The van der Waals surface area contributed by atoms with Crippen LogP contribution < -0.4 is 9.47 Å². The molecule has 0 saturated heterocycles. The molecule has 0 amide bonds. The van der Waals surface area contributed by atoms with Crippen LogP contribution in [0.25, 0.3) is 0 Å². The Morgan fingerprint density at radius 2 is 1.08 bits per heavy atom. The van der Waals surface area contributed by atoms with Crippen molar-refractivity contribution in [2.24, 2.45) is 0 Å². The highest BCUT2D eigenvalue weighted by Gasteiger charge is 2.32. The van der Waals surface area contributed by atoms with Gasteiger partial charge in [-0.05, 0) is 30.7 Å². The van der Waals surface area contributed by atoms with Crippen molar-refractivity contribution >= 4 is 0 Å². The van der Waals surface area contributed by atoms with Crippen LogP contribution in [0.15, 0.2) is 60.7 Å². The molecule has 0 fully saturated rings. The van der Waals surface area contributed by atoms with Gasteiger partial charge in [-0.25, -0.2) is 0 Å². The Bertz CT molecular complexity index is 538. The Hall–Kier alpha value is -1.96. The van der Waals surface area contributed by atoms with Crippen LogP contribution >= 0.6 is 0 Å². The highest BCUT2D eigenvalue weighted by atomic mass is 16.7. The van der Waals surface area contributed by atoms with Crippen LogP contribution in [0.2, 0.25) is 0 Å². The van der Waals surface area contributed by atoms with E-state index in [0.29, 0.717) is 0 Å². The maximum absolute atomic E-state index is 6.38. The van der Waals surface area contributed by atoms with Crippen LogP contribution in [0.5, 0.6) is 11.5 Å². The van der Waals surface area contributed by atoms with Gasteiger partial charge in [-0.15, -0.1) is 0 Å². The lowest BCUT2D eigenvalue weighted by molar-refractivity contribution is -0.123. The molecule has 0 spiro atoms. The first-order valence-corrected chi connectivity index (χ1v) is 10.3. The van der Waals surface area contributed by atoms with Crippen molar-refractivity contribution in [3.8, 4) is 11.5 Å². The van der Waals surface area contributed by atoms with Gasteiger partial charge in [0.05, 0.1) is 0 Å². The molecule has 2 nitrogen and oxygen atoms in total. The van der Waals surface area contributed by atoms with Gasteiger partial charge in [-0.1, -0.05) is 88.8 Å². The predicted molar refractivity (Wildman–Crippen MR) is 110 cm³/mol. The third-order valence-corrected chi connectivity index (χ3v) is 4.79. The molecule has 0 aromatic heterocycles. The Kier molecular flexibility index (Phi) is 9.09. The summed E-state index contributed by atoms with van der Waals surface area (Å²) in [4.78, 5) is 0. The van der Waals surface area contributed by atoms with Crippen molar-refractivity contribution in [2.75, 3.05) is 0 Å². The van der Waals surface area contributed by atoms with E-state index in [9.17, 15) is 0 Å².